The van der Waals surface area contributed by atoms with Crippen molar-refractivity contribution in [1.82, 2.24) is 9.78 Å². The van der Waals surface area contributed by atoms with Gasteiger partial charge in [-0.1, -0.05) is 0 Å². The van der Waals surface area contributed by atoms with E-state index in [1.165, 1.54) is 0 Å². The molecule has 0 aliphatic heterocycles. The zero-order valence-electron chi connectivity index (χ0n) is 7.48. The number of nitro groups is 2. The third-order valence-electron chi connectivity index (χ3n) is 1.55. The van der Waals surface area contributed by atoms with Crippen LogP contribution >= 0.6 is 0 Å². The molecule has 1 heterocycles. The van der Waals surface area contributed by atoms with E-state index in [4.69, 9.17) is 5.11 Å². The lowest BCUT2D eigenvalue weighted by molar-refractivity contribution is -0.397. The highest BCUT2D eigenvalue weighted by molar-refractivity contribution is 5.52. The van der Waals surface area contributed by atoms with Crippen LogP contribution in [-0.2, 0) is 6.73 Å². The maximum atomic E-state index is 10.5. The van der Waals surface area contributed by atoms with Crippen LogP contribution in [0.1, 0.15) is 0 Å². The molecule has 1 aromatic heterocycles. The molecule has 0 unspecified atom stereocenters. The molecule has 0 aromatic carbocycles. The van der Waals surface area contributed by atoms with Crippen LogP contribution in [0.4, 0.5) is 11.6 Å². The van der Waals surface area contributed by atoms with E-state index in [1.807, 2.05) is 0 Å². The van der Waals surface area contributed by atoms with Crippen LogP contribution in [0.2, 0.25) is 0 Å². The molecule has 0 amide bonds. The smallest absolute Gasteiger partial charge is 0.462 e. The summed E-state index contributed by atoms with van der Waals surface area (Å²) in [6, 6.07) is 0. The highest BCUT2D eigenvalue weighted by Gasteiger charge is 2.37. The minimum atomic E-state index is -0.933. The number of aliphatic hydroxyl groups is 1. The van der Waals surface area contributed by atoms with E-state index >= 15 is 0 Å². The fraction of sp³-hybridized carbons (Fsp3) is 0.400. The largest absolute Gasteiger partial charge is 0.483 e. The van der Waals surface area contributed by atoms with Gasteiger partial charge in [-0.15, -0.1) is 0 Å². The lowest BCUT2D eigenvalue weighted by Gasteiger charge is -1.95. The number of aromatic nitrogens is 2. The van der Waals surface area contributed by atoms with Crippen LogP contribution in [0.25, 0.3) is 0 Å². The fourth-order valence-corrected chi connectivity index (χ4v) is 1.00. The first-order valence-corrected chi connectivity index (χ1v) is 3.57. The van der Waals surface area contributed by atoms with Gasteiger partial charge in [-0.2, -0.15) is 0 Å². The van der Waals surface area contributed by atoms with E-state index in [9.17, 15) is 20.2 Å². The van der Waals surface area contributed by atoms with Crippen molar-refractivity contribution in [3.05, 3.63) is 20.2 Å². The summed E-state index contributed by atoms with van der Waals surface area (Å²) in [4.78, 5) is 19.1. The third kappa shape index (κ3) is 1.69. The van der Waals surface area contributed by atoms with Crippen LogP contribution in [0, 0.1) is 20.2 Å². The Bertz CT molecular complexity index is 412. The summed E-state index contributed by atoms with van der Waals surface area (Å²) in [6.45, 7) is -0.847. The van der Waals surface area contributed by atoms with Crippen molar-refractivity contribution in [3.63, 3.8) is 0 Å². The minimum absolute atomic E-state index is 0.469. The topological polar surface area (TPSA) is 134 Å². The van der Waals surface area contributed by atoms with E-state index < -0.39 is 34.0 Å². The van der Waals surface area contributed by atoms with E-state index in [0.717, 1.165) is 7.11 Å². The summed E-state index contributed by atoms with van der Waals surface area (Å²) < 4.78 is 4.97. The second-order valence-electron chi connectivity index (χ2n) is 2.34. The van der Waals surface area contributed by atoms with Crippen LogP contribution in [-0.4, -0.2) is 31.8 Å². The molecule has 10 nitrogen and oxygen atoms in total. The van der Waals surface area contributed by atoms with Crippen molar-refractivity contribution < 1.29 is 19.7 Å². The summed E-state index contributed by atoms with van der Waals surface area (Å²) >= 11 is 0. The maximum Gasteiger partial charge on any atom is 0.462 e. The normalized spacial score (nSPS) is 10.0. The van der Waals surface area contributed by atoms with Crippen molar-refractivity contribution in [1.29, 1.82) is 0 Å². The molecule has 0 atom stereocenters. The van der Waals surface area contributed by atoms with E-state index in [-0.39, 0.29) is 0 Å². The molecule has 0 aliphatic rings. The Morgan fingerprint density at radius 1 is 1.47 bits per heavy atom. The quantitative estimate of drug-likeness (QED) is 0.539. The third-order valence-corrected chi connectivity index (χ3v) is 1.55. The first-order valence-electron chi connectivity index (χ1n) is 3.57. The second kappa shape index (κ2) is 3.88. The molecule has 0 saturated carbocycles. The van der Waals surface area contributed by atoms with Gasteiger partial charge in [0, 0.05) is 0 Å². The van der Waals surface area contributed by atoms with Gasteiger partial charge in [0.05, 0.1) is 7.11 Å². The Kier molecular flexibility index (Phi) is 2.80. The number of aliphatic hydroxyl groups excluding tert-OH is 1. The van der Waals surface area contributed by atoms with E-state index in [0.29, 0.717) is 4.68 Å². The first kappa shape index (κ1) is 10.8. The van der Waals surface area contributed by atoms with Gasteiger partial charge in [0.25, 0.3) is 0 Å². The summed E-state index contributed by atoms with van der Waals surface area (Å²) in [6.07, 6.45) is 0. The average Bonchev–Trinajstić information content (AvgIpc) is 2.55. The molecule has 1 aromatic rings. The molecule has 0 radical (unpaired) electrons. The lowest BCUT2D eigenvalue weighted by Crippen LogP contribution is -2.04. The molecule has 0 fully saturated rings. The van der Waals surface area contributed by atoms with Gasteiger partial charge in [-0.25, -0.2) is 0 Å². The summed E-state index contributed by atoms with van der Waals surface area (Å²) in [5, 5.41) is 32.9. The number of rotatable bonds is 4. The predicted molar refractivity (Wildman–Crippen MR) is 44.3 cm³/mol. The van der Waals surface area contributed by atoms with Gasteiger partial charge in [0.15, 0.2) is 5.10 Å². The van der Waals surface area contributed by atoms with Gasteiger partial charge >= 0.3 is 17.4 Å². The Labute approximate surface area is 82.0 Å². The molecule has 0 saturated heterocycles. The Morgan fingerprint density at radius 2 is 2.07 bits per heavy atom. The highest BCUT2D eigenvalue weighted by Crippen LogP contribution is 2.35. The number of hydrogen-bond donors (Lipinski definition) is 1. The molecule has 15 heavy (non-hydrogen) atoms. The van der Waals surface area contributed by atoms with Crippen molar-refractivity contribution in [3.8, 4) is 5.75 Å². The van der Waals surface area contributed by atoms with Crippen molar-refractivity contribution in [2.75, 3.05) is 7.11 Å². The molecule has 82 valence electrons. The van der Waals surface area contributed by atoms with E-state index in [1.54, 1.807) is 0 Å². The number of methoxy groups -OCH3 is 1. The van der Waals surface area contributed by atoms with Gasteiger partial charge in [-0.3, -0.25) is 0 Å². The summed E-state index contributed by atoms with van der Waals surface area (Å²) in [7, 11) is 1.04. The fourth-order valence-electron chi connectivity index (χ4n) is 1.00. The number of ether oxygens (including phenoxy) is 1. The summed E-state index contributed by atoms with van der Waals surface area (Å²) in [5.41, 5.74) is 0. The maximum absolute atomic E-state index is 10.5. The van der Waals surface area contributed by atoms with Gasteiger partial charge in [0.1, 0.15) is 0 Å². The van der Waals surface area contributed by atoms with E-state index in [2.05, 4.69) is 9.84 Å². The molecule has 10 heteroatoms. The lowest BCUT2D eigenvalue weighted by atomic mass is 10.5. The molecule has 0 spiro atoms. The molecule has 1 N–H and O–H groups in total. The predicted octanol–water partition coefficient (Wildman–Crippen LogP) is -0.342. The number of hydrogen-bond acceptors (Lipinski definition) is 7. The summed E-state index contributed by atoms with van der Waals surface area (Å²) in [5.74, 6) is -2.15. The zero-order valence-corrected chi connectivity index (χ0v) is 7.48. The van der Waals surface area contributed by atoms with Gasteiger partial charge in [-0.05, 0) is 14.5 Å². The molecule has 0 aliphatic carbocycles. The molecule has 1 rings (SSSR count). The molecular weight excluding hydrogens is 212 g/mol. The SMILES string of the molecule is COc1c([N+](=O)[O-])nn(CO)c1[N+](=O)[O-]. The first-order chi connectivity index (χ1) is 7.02. The molecular formula is C5H6N4O6. The Balaban J connectivity index is 3.45. The van der Waals surface area contributed by atoms with Crippen LogP contribution in [0.3, 0.4) is 0 Å². The molecule has 0 bridgehead atoms. The van der Waals surface area contributed by atoms with Crippen LogP contribution in [0.5, 0.6) is 5.75 Å². The van der Waals surface area contributed by atoms with Crippen molar-refractivity contribution in [2.24, 2.45) is 0 Å². The minimum Gasteiger partial charge on any atom is -0.483 e. The number of nitrogens with zero attached hydrogens (tertiary/aromatic N) is 4. The average molecular weight is 218 g/mol. The van der Waals surface area contributed by atoms with Gasteiger partial charge in [0.2, 0.25) is 6.73 Å². The Hall–Kier alpha value is -2.23. The second-order valence-corrected chi connectivity index (χ2v) is 2.34. The monoisotopic (exact) mass is 218 g/mol. The Morgan fingerprint density at radius 3 is 2.40 bits per heavy atom. The zero-order chi connectivity index (χ0) is 11.6. The van der Waals surface area contributed by atoms with Crippen molar-refractivity contribution in [2.45, 2.75) is 6.73 Å². The van der Waals surface area contributed by atoms with Crippen LogP contribution < -0.4 is 4.74 Å². The van der Waals surface area contributed by atoms with Crippen LogP contribution in [0.15, 0.2) is 0 Å². The standard InChI is InChI=1S/C5H6N4O6/c1-15-3-4(8(11)12)6-7(2-10)5(3)9(13)14/h10H,2H2,1H3. The van der Waals surface area contributed by atoms with Crippen molar-refractivity contribution >= 4 is 11.6 Å². The highest BCUT2D eigenvalue weighted by atomic mass is 16.6. The van der Waals surface area contributed by atoms with Gasteiger partial charge < -0.3 is 30.1 Å².